The zero-order valence-electron chi connectivity index (χ0n) is 38.3. The molecule has 66 heavy (non-hydrogen) atoms. The van der Waals surface area contributed by atoms with Gasteiger partial charge in [-0.15, -0.1) is 0 Å². The maximum Gasteiger partial charge on any atom is 0.337 e. The summed E-state index contributed by atoms with van der Waals surface area (Å²) < 4.78 is 4.74. The molecule has 4 N–H and O–H groups in total. The number of hydrogen-bond acceptors (Lipinski definition) is 8. The molecule has 0 bridgehead atoms. The topological polar surface area (TPSA) is 183 Å². The second-order valence-corrected chi connectivity index (χ2v) is 21.2. The number of nitrogens with zero attached hydrogens (tertiary/aromatic N) is 2. The lowest BCUT2D eigenvalue weighted by atomic mass is 9.70. The van der Waals surface area contributed by atoms with Crippen LogP contribution in [0.2, 0.25) is 0 Å². The van der Waals surface area contributed by atoms with Gasteiger partial charge in [0.1, 0.15) is 0 Å². The van der Waals surface area contributed by atoms with Gasteiger partial charge in [-0.2, -0.15) is 0 Å². The third-order valence-electron chi connectivity index (χ3n) is 16.5. The summed E-state index contributed by atoms with van der Waals surface area (Å²) in [4.78, 5) is 74.7. The number of hydrogen-bond donors (Lipinski definition) is 4. The van der Waals surface area contributed by atoms with Crippen LogP contribution in [0.5, 0.6) is 0 Å². The molecule has 3 heterocycles. The van der Waals surface area contributed by atoms with E-state index in [1.54, 1.807) is 17.6 Å². The molecule has 4 amide bonds. The number of aryl methyl sites for hydroxylation is 3. The van der Waals surface area contributed by atoms with Gasteiger partial charge in [-0.1, -0.05) is 31.0 Å². The Balaban J connectivity index is 0.000000125. The molecule has 0 aromatic heterocycles. The molecule has 13 heteroatoms. The molecule has 3 spiro atoms. The van der Waals surface area contributed by atoms with E-state index in [4.69, 9.17) is 15.1 Å². The molecule has 3 aromatic carbocycles. The van der Waals surface area contributed by atoms with E-state index in [0.717, 1.165) is 108 Å². The minimum atomic E-state index is -0.865. The van der Waals surface area contributed by atoms with E-state index in [0.29, 0.717) is 47.8 Å². The number of amides is 4. The van der Waals surface area contributed by atoms with Crippen molar-refractivity contribution in [3.05, 3.63) is 105 Å². The van der Waals surface area contributed by atoms with E-state index in [1.165, 1.54) is 73.5 Å². The third-order valence-corrected chi connectivity index (χ3v) is 16.5. The van der Waals surface area contributed by atoms with Gasteiger partial charge in [0.2, 0.25) is 17.7 Å². The Morgan fingerprint density at radius 3 is 1.53 bits per heavy atom. The van der Waals surface area contributed by atoms with Gasteiger partial charge < -0.3 is 25.0 Å². The SMILES string of the molecule is COC(=O)c1ccc2c(c1)CCC1(CNC(=O)C1)C2.O=C(NO)c1ccc2c(c1)CCC1(CC(=O)N(CC3CCC3)C1)C2.O=C(O)c1ccc2c(c1)CCC1(CC(=O)N(CC3CCC3)C1)C2. The number of rotatable bonds is 7. The molecule has 3 aliphatic heterocycles. The van der Waals surface area contributed by atoms with Crippen LogP contribution in [-0.2, 0) is 57.6 Å². The minimum Gasteiger partial charge on any atom is -0.478 e. The van der Waals surface area contributed by atoms with Crippen LogP contribution >= 0.6 is 0 Å². The van der Waals surface area contributed by atoms with Crippen LogP contribution in [0.3, 0.4) is 0 Å². The average molecular weight is 901 g/mol. The Morgan fingerprint density at radius 2 is 1.09 bits per heavy atom. The van der Waals surface area contributed by atoms with Gasteiger partial charge in [-0.25, -0.2) is 15.1 Å². The third kappa shape index (κ3) is 9.64. The largest absolute Gasteiger partial charge is 0.478 e. The Labute approximate surface area is 387 Å². The smallest absolute Gasteiger partial charge is 0.337 e. The fraction of sp³-hybridized carbons (Fsp3) is 0.547. The Bertz CT molecular complexity index is 2430. The van der Waals surface area contributed by atoms with Crippen LogP contribution in [0.4, 0.5) is 0 Å². The molecular formula is C53H64N4O9. The molecule has 0 radical (unpaired) electrons. The van der Waals surface area contributed by atoms with Crippen molar-refractivity contribution >= 4 is 35.6 Å². The Morgan fingerprint density at radius 1 is 0.636 bits per heavy atom. The number of ether oxygens (including phenoxy) is 1. The summed E-state index contributed by atoms with van der Waals surface area (Å²) in [5.41, 5.74) is 10.7. The van der Waals surface area contributed by atoms with Gasteiger partial charge >= 0.3 is 11.9 Å². The van der Waals surface area contributed by atoms with Crippen LogP contribution in [0.1, 0.15) is 142 Å². The van der Waals surface area contributed by atoms with Crippen molar-refractivity contribution in [1.82, 2.24) is 20.6 Å². The van der Waals surface area contributed by atoms with E-state index < -0.39 is 11.9 Å². The van der Waals surface area contributed by atoms with E-state index in [-0.39, 0.29) is 28.1 Å². The molecule has 350 valence electrons. The first-order chi connectivity index (χ1) is 31.7. The molecule has 8 aliphatic rings. The number of carbonyl (C=O) groups is 6. The van der Waals surface area contributed by atoms with Gasteiger partial charge in [0.15, 0.2) is 0 Å². The van der Waals surface area contributed by atoms with Crippen LogP contribution in [-0.4, -0.2) is 95.5 Å². The summed E-state index contributed by atoms with van der Waals surface area (Å²) in [6, 6.07) is 16.8. The highest BCUT2D eigenvalue weighted by Crippen LogP contribution is 2.46. The molecule has 5 fully saturated rings. The van der Waals surface area contributed by atoms with Gasteiger partial charge in [0, 0.05) is 73.8 Å². The highest BCUT2D eigenvalue weighted by Gasteiger charge is 2.47. The number of nitrogens with one attached hydrogen (secondary N) is 2. The maximum atomic E-state index is 12.5. The van der Waals surface area contributed by atoms with Crippen molar-refractivity contribution in [2.45, 2.75) is 116 Å². The van der Waals surface area contributed by atoms with Crippen molar-refractivity contribution in [3.63, 3.8) is 0 Å². The van der Waals surface area contributed by atoms with Gasteiger partial charge in [0.25, 0.3) is 5.91 Å². The molecular weight excluding hydrogens is 837 g/mol. The molecule has 3 unspecified atom stereocenters. The molecule has 3 aromatic rings. The van der Waals surface area contributed by atoms with Crippen molar-refractivity contribution in [1.29, 1.82) is 0 Å². The summed E-state index contributed by atoms with van der Waals surface area (Å²) in [6.45, 7) is 4.46. The van der Waals surface area contributed by atoms with Crippen molar-refractivity contribution < 1.29 is 43.8 Å². The number of carboxylic acids is 1. The standard InChI is InChI=1S/C19H24N2O3.C19H23NO3.C15H17NO3/c22-17-10-19(12-21(17)11-13-2-1-3-13)7-6-14-8-15(18(23)20-24)4-5-16(14)9-19;21-17-10-19(12-20(17)11-13-2-1-3-13)7-6-14-8-15(18(22)23)4-5-16(14)9-19;1-19-14(18)11-2-3-12-7-15(5-4-10(12)6-11)8-13(17)16-9-15/h4-5,8,13,24H,1-3,6-7,9-12H2,(H,20,23);4-5,8,13H,1-3,6-7,9-12H2,(H,22,23);2-3,6H,4-5,7-9H2,1H3,(H,16,17). The molecule has 11 rings (SSSR count). The fourth-order valence-corrected chi connectivity index (χ4v) is 12.2. The number of hydroxylamine groups is 1. The van der Waals surface area contributed by atoms with Crippen molar-refractivity contribution in [2.24, 2.45) is 28.1 Å². The van der Waals surface area contributed by atoms with E-state index in [2.05, 4.69) is 15.1 Å². The quantitative estimate of drug-likeness (QED) is 0.114. The summed E-state index contributed by atoms with van der Waals surface area (Å²) in [7, 11) is 1.40. The normalized spacial score (nSPS) is 26.2. The van der Waals surface area contributed by atoms with E-state index in [1.807, 2.05) is 42.5 Å². The number of esters is 1. The summed E-state index contributed by atoms with van der Waals surface area (Å²) in [5, 5.41) is 20.8. The number of methoxy groups -OCH3 is 1. The van der Waals surface area contributed by atoms with Crippen LogP contribution < -0.4 is 10.8 Å². The second kappa shape index (κ2) is 18.6. The number of carboxylic acid groups (broad SMARTS) is 1. The predicted octanol–water partition coefficient (Wildman–Crippen LogP) is 6.67. The maximum absolute atomic E-state index is 12.5. The van der Waals surface area contributed by atoms with E-state index >= 15 is 0 Å². The summed E-state index contributed by atoms with van der Waals surface area (Å²) in [5.74, 6) is 0.624. The molecule has 13 nitrogen and oxygen atoms in total. The van der Waals surface area contributed by atoms with Crippen LogP contribution in [0.25, 0.3) is 0 Å². The van der Waals surface area contributed by atoms with Crippen molar-refractivity contribution in [3.8, 4) is 0 Å². The monoisotopic (exact) mass is 900 g/mol. The highest BCUT2D eigenvalue weighted by atomic mass is 16.5. The number of likely N-dealkylation sites (tertiary alicyclic amines) is 2. The molecule has 3 saturated heterocycles. The van der Waals surface area contributed by atoms with Crippen LogP contribution in [0, 0.1) is 28.1 Å². The van der Waals surface area contributed by atoms with Crippen molar-refractivity contribution in [2.75, 3.05) is 39.8 Å². The summed E-state index contributed by atoms with van der Waals surface area (Å²) >= 11 is 0. The zero-order chi connectivity index (χ0) is 46.2. The zero-order valence-corrected chi connectivity index (χ0v) is 38.3. The van der Waals surface area contributed by atoms with Gasteiger partial charge in [0.05, 0.1) is 18.2 Å². The number of aromatic carboxylic acids is 1. The fourth-order valence-electron chi connectivity index (χ4n) is 12.2. The van der Waals surface area contributed by atoms with Crippen LogP contribution in [0.15, 0.2) is 54.6 Å². The summed E-state index contributed by atoms with van der Waals surface area (Å²) in [6.07, 6.45) is 18.1. The van der Waals surface area contributed by atoms with Gasteiger partial charge in [-0.05, 0) is 165 Å². The number of carbonyl (C=O) groups excluding carboxylic acids is 5. The minimum absolute atomic E-state index is 0.0780. The molecule has 3 atom stereocenters. The van der Waals surface area contributed by atoms with Gasteiger partial charge in [-0.3, -0.25) is 24.4 Å². The molecule has 2 saturated carbocycles. The Kier molecular flexibility index (Phi) is 12.9. The molecule has 5 aliphatic carbocycles. The first kappa shape index (κ1) is 45.6. The lowest BCUT2D eigenvalue weighted by Gasteiger charge is -2.35. The number of benzene rings is 3. The highest BCUT2D eigenvalue weighted by molar-refractivity contribution is 5.93. The predicted molar refractivity (Wildman–Crippen MR) is 245 cm³/mol. The Hall–Kier alpha value is -5.56. The second-order valence-electron chi connectivity index (χ2n) is 21.2. The lowest BCUT2D eigenvalue weighted by molar-refractivity contribution is -0.129. The average Bonchev–Trinajstić information content (AvgIpc) is 3.91. The first-order valence-electron chi connectivity index (χ1n) is 24.2. The number of fused-ring (bicyclic) bond motifs is 3. The first-order valence-corrected chi connectivity index (χ1v) is 24.2. The van der Waals surface area contributed by atoms with E-state index in [9.17, 15) is 28.8 Å². The lowest BCUT2D eigenvalue weighted by Crippen LogP contribution is -2.37.